The number of halogens is 3. The second kappa shape index (κ2) is 23.9. The lowest BCUT2D eigenvalue weighted by molar-refractivity contribution is 0.00171. The van der Waals surface area contributed by atoms with Gasteiger partial charge in [0.1, 0.15) is 18.0 Å². The number of aromatic nitrogens is 2. The molecular weight excluding hydrogens is 595 g/mol. The molecule has 0 aliphatic heterocycles. The molecule has 0 spiro atoms. The van der Waals surface area contributed by atoms with Crippen LogP contribution in [0.4, 0.5) is 13.2 Å². The van der Waals surface area contributed by atoms with Gasteiger partial charge in [0.2, 0.25) is 6.43 Å². The molecule has 7 N–H and O–H groups in total. The number of aliphatic hydroxyl groups is 1. The minimum atomic E-state index is -2.17. The van der Waals surface area contributed by atoms with E-state index in [0.717, 1.165) is 24.9 Å². The number of H-pyrrole nitrogens is 1. The Morgan fingerprint density at radius 2 is 1.87 bits per heavy atom. The summed E-state index contributed by atoms with van der Waals surface area (Å²) in [5, 5.41) is 39.0. The van der Waals surface area contributed by atoms with Gasteiger partial charge >= 0.3 is 0 Å². The fraction of sp³-hybridized carbons (Fsp3) is 0.455. The van der Waals surface area contributed by atoms with E-state index in [1.807, 2.05) is 25.1 Å². The molecule has 1 atom stereocenters. The van der Waals surface area contributed by atoms with E-state index in [1.165, 1.54) is 58.4 Å². The Labute approximate surface area is 270 Å². The number of allylic oxidation sites excluding steroid dienone is 3. The van der Waals surface area contributed by atoms with Crippen molar-refractivity contribution in [3.05, 3.63) is 59.4 Å². The first-order chi connectivity index (χ1) is 21.9. The van der Waals surface area contributed by atoms with Crippen molar-refractivity contribution >= 4 is 30.4 Å². The monoisotopic (exact) mass is 643 g/mol. The molecule has 0 radical (unpaired) electrons. The molecule has 2 aromatic heterocycles. The molecule has 1 fully saturated rings. The molecule has 1 aliphatic carbocycles. The van der Waals surface area contributed by atoms with Crippen LogP contribution in [0.25, 0.3) is 17.5 Å². The Morgan fingerprint density at radius 3 is 2.28 bits per heavy atom. The summed E-state index contributed by atoms with van der Waals surface area (Å²) < 4.78 is 34.4. The van der Waals surface area contributed by atoms with Crippen LogP contribution in [0.2, 0.25) is 0 Å². The molecular formula is C33H48F3N9O. The van der Waals surface area contributed by atoms with E-state index >= 15 is 0 Å². The Bertz CT molecular complexity index is 1300. The number of aromatic amines is 1. The summed E-state index contributed by atoms with van der Waals surface area (Å²) in [4.78, 5) is 11.4. The van der Waals surface area contributed by atoms with Crippen molar-refractivity contribution < 1.29 is 18.3 Å². The van der Waals surface area contributed by atoms with Gasteiger partial charge in [0.15, 0.2) is 0 Å². The number of alkyl halides is 3. The van der Waals surface area contributed by atoms with Gasteiger partial charge in [-0.3, -0.25) is 9.98 Å². The Morgan fingerprint density at radius 1 is 1.22 bits per heavy atom. The van der Waals surface area contributed by atoms with Crippen molar-refractivity contribution in [1.29, 1.82) is 16.1 Å². The molecule has 10 nitrogen and oxygen atoms in total. The van der Waals surface area contributed by atoms with Crippen LogP contribution in [0.1, 0.15) is 71.1 Å². The topological polar surface area (TPSA) is 183 Å². The number of nitrogens with one attached hydrogen (secondary N) is 4. The van der Waals surface area contributed by atoms with Crippen LogP contribution < -0.4 is 11.2 Å². The van der Waals surface area contributed by atoms with Crippen molar-refractivity contribution in [3.8, 4) is 17.5 Å². The normalized spacial score (nSPS) is 14.7. The molecule has 1 unspecified atom stereocenters. The molecule has 0 bridgehead atoms. The minimum Gasteiger partial charge on any atom is -0.387 e. The number of rotatable bonds is 10. The average molecular weight is 644 g/mol. The first kappa shape index (κ1) is 41.6. The van der Waals surface area contributed by atoms with Crippen LogP contribution in [0.5, 0.6) is 0 Å². The standard InChI is InChI=1S/C20H22FN7O.C7H15N.C4H7N.C2H4F2/c1-20(2,29)19(21)12-25-11-18(28-24)14-3-5-16(26-10-14)17-6-4-15(27-17)7-13(8-22)9-23;1-8-7-5-3-2-4-6-7;1-2-3-4-5;1-2(3)4/h3-8,10-11,19,22,27,29H,12,24H2,1-2H3;7-8H,2-6H2,1H3;2-5H,1H3;2H,1H3/b13-7+,22-8?,25-11?,28-18+;;3-2-,5-4?;. The van der Waals surface area contributed by atoms with Crippen molar-refractivity contribution in [2.45, 2.75) is 84.0 Å². The second-order valence-electron chi connectivity index (χ2n) is 10.6. The first-order valence-corrected chi connectivity index (χ1v) is 14.9. The van der Waals surface area contributed by atoms with Crippen LogP contribution in [0.15, 0.2) is 58.3 Å². The quantitative estimate of drug-likeness (QED) is 0.0746. The third-order valence-electron chi connectivity index (χ3n) is 6.33. The van der Waals surface area contributed by atoms with E-state index in [1.54, 1.807) is 36.5 Å². The van der Waals surface area contributed by atoms with E-state index in [9.17, 15) is 18.3 Å². The molecule has 1 saturated carbocycles. The maximum atomic E-state index is 13.7. The first-order valence-electron chi connectivity index (χ1n) is 14.9. The number of nitrogens with zero attached hydrogens (tertiary/aromatic N) is 4. The van der Waals surface area contributed by atoms with Gasteiger partial charge in [0, 0.05) is 42.1 Å². The SMILES string of the molecule is C/C=C\C=N.CC(C)(O)C(F)CN=C/C(=N\N)c1ccc(-c2ccc(/C=C(/C#N)C=N)[nH]2)nc1.CC(F)F.CNC1CCCCC1. The van der Waals surface area contributed by atoms with E-state index in [2.05, 4.69) is 32.4 Å². The van der Waals surface area contributed by atoms with Crippen molar-refractivity contribution in [2.75, 3.05) is 13.6 Å². The number of pyridine rings is 1. The fourth-order valence-electron chi connectivity index (χ4n) is 3.75. The van der Waals surface area contributed by atoms with Gasteiger partial charge in [-0.15, -0.1) is 0 Å². The van der Waals surface area contributed by atoms with Crippen LogP contribution in [-0.4, -0.2) is 77.3 Å². The second-order valence-corrected chi connectivity index (χ2v) is 10.6. The summed E-state index contributed by atoms with van der Waals surface area (Å²) in [6, 6.07) is 9.84. The molecule has 1 aliphatic rings. The van der Waals surface area contributed by atoms with Crippen LogP contribution in [0, 0.1) is 22.1 Å². The number of nitrogens with two attached hydrogens (primary N) is 1. The van der Waals surface area contributed by atoms with Crippen molar-refractivity contribution in [1.82, 2.24) is 15.3 Å². The molecule has 2 heterocycles. The molecule has 13 heteroatoms. The molecule has 3 rings (SSSR count). The van der Waals surface area contributed by atoms with E-state index in [-0.39, 0.29) is 12.1 Å². The molecule has 0 saturated heterocycles. The summed E-state index contributed by atoms with van der Waals surface area (Å²) in [6.45, 7) is 5.25. The highest BCUT2D eigenvalue weighted by molar-refractivity contribution is 6.38. The predicted molar refractivity (Wildman–Crippen MR) is 183 cm³/mol. The average Bonchev–Trinajstić information content (AvgIpc) is 3.51. The van der Waals surface area contributed by atoms with Gasteiger partial charge < -0.3 is 32.1 Å². The zero-order valence-electron chi connectivity index (χ0n) is 27.3. The van der Waals surface area contributed by atoms with Gasteiger partial charge in [-0.1, -0.05) is 25.3 Å². The van der Waals surface area contributed by atoms with Crippen LogP contribution in [0.3, 0.4) is 0 Å². The number of hydrogen-bond acceptors (Lipinski definition) is 9. The molecule has 2 aromatic rings. The predicted octanol–water partition coefficient (Wildman–Crippen LogP) is 6.50. The number of hydrogen-bond donors (Lipinski definition) is 6. The maximum Gasteiger partial charge on any atom is 0.235 e. The Balaban J connectivity index is 0.000000965. The smallest absolute Gasteiger partial charge is 0.235 e. The highest BCUT2D eigenvalue weighted by Crippen LogP contribution is 2.18. The van der Waals surface area contributed by atoms with E-state index in [0.29, 0.717) is 22.7 Å². The lowest BCUT2D eigenvalue weighted by Crippen LogP contribution is -2.34. The van der Waals surface area contributed by atoms with Gasteiger partial charge in [-0.05, 0) is 84.0 Å². The number of hydrazone groups is 1. The highest BCUT2D eigenvalue weighted by atomic mass is 19.3. The summed E-state index contributed by atoms with van der Waals surface area (Å²) in [5.41, 5.74) is 1.74. The van der Waals surface area contributed by atoms with E-state index < -0.39 is 18.2 Å². The van der Waals surface area contributed by atoms with Crippen LogP contribution >= 0.6 is 0 Å². The number of aliphatic imine (C=N–C) groups is 1. The summed E-state index contributed by atoms with van der Waals surface area (Å²) in [5.74, 6) is 5.40. The molecule has 46 heavy (non-hydrogen) atoms. The van der Waals surface area contributed by atoms with E-state index in [4.69, 9.17) is 21.9 Å². The van der Waals surface area contributed by atoms with Gasteiger partial charge in [-0.2, -0.15) is 10.4 Å². The number of nitriles is 1. The summed E-state index contributed by atoms with van der Waals surface area (Å²) >= 11 is 0. The highest BCUT2D eigenvalue weighted by Gasteiger charge is 2.25. The molecule has 0 amide bonds. The lowest BCUT2D eigenvalue weighted by atomic mass is 9.96. The van der Waals surface area contributed by atoms with Gasteiger partial charge in [-0.25, -0.2) is 13.2 Å². The Hall–Kier alpha value is -4.41. The zero-order chi connectivity index (χ0) is 35.0. The van der Waals surface area contributed by atoms with Gasteiger partial charge in [0.25, 0.3) is 0 Å². The zero-order valence-corrected chi connectivity index (χ0v) is 27.3. The summed E-state index contributed by atoms with van der Waals surface area (Å²) in [6.07, 6.45) is 13.6. The third kappa shape index (κ3) is 18.4. The third-order valence-corrected chi connectivity index (χ3v) is 6.33. The minimum absolute atomic E-state index is 0.215. The molecule has 0 aromatic carbocycles. The van der Waals surface area contributed by atoms with Crippen molar-refractivity contribution in [2.24, 2.45) is 15.9 Å². The van der Waals surface area contributed by atoms with Crippen LogP contribution in [-0.2, 0) is 0 Å². The fourth-order valence-corrected chi connectivity index (χ4v) is 3.75. The molecule has 252 valence electrons. The largest absolute Gasteiger partial charge is 0.387 e. The Kier molecular flexibility index (Phi) is 21.6. The maximum absolute atomic E-state index is 13.7. The lowest BCUT2D eigenvalue weighted by Gasteiger charge is -2.20. The van der Waals surface area contributed by atoms with Gasteiger partial charge in [0.05, 0.1) is 29.1 Å². The summed E-state index contributed by atoms with van der Waals surface area (Å²) in [7, 11) is 2.07. The van der Waals surface area contributed by atoms with Crippen molar-refractivity contribution in [3.63, 3.8) is 0 Å².